The quantitative estimate of drug-likeness (QED) is 0.497. The molecule has 1 aromatic carbocycles. The van der Waals surface area contributed by atoms with Crippen LogP contribution in [-0.4, -0.2) is 21.2 Å². The maximum Gasteiger partial charge on any atom is 0.280 e. The Morgan fingerprint density at radius 1 is 1.44 bits per heavy atom. The fourth-order valence-electron chi connectivity index (χ4n) is 1.67. The molecule has 2 N–H and O–H groups in total. The second-order valence-electron chi connectivity index (χ2n) is 3.97. The molecule has 0 aliphatic heterocycles. The van der Waals surface area contributed by atoms with E-state index in [-0.39, 0.29) is 5.56 Å². The van der Waals surface area contributed by atoms with E-state index >= 15 is 0 Å². The van der Waals surface area contributed by atoms with Crippen LogP contribution >= 0.6 is 11.6 Å². The number of benzene rings is 1. The number of rotatable bonds is 2. The minimum Gasteiger partial charge on any atom is -0.411 e. The van der Waals surface area contributed by atoms with Crippen molar-refractivity contribution < 1.29 is 5.21 Å². The molecule has 1 aromatic heterocycles. The molecule has 0 aliphatic rings. The van der Waals surface area contributed by atoms with E-state index in [0.29, 0.717) is 22.0 Å². The summed E-state index contributed by atoms with van der Waals surface area (Å²) >= 11 is 6.03. The number of H-pyrrole nitrogens is 1. The zero-order chi connectivity index (χ0) is 13.3. The normalized spacial score (nSPS) is 11.3. The molecule has 0 unspecified atom stereocenters. The van der Waals surface area contributed by atoms with Crippen molar-refractivity contribution in [2.45, 2.75) is 13.8 Å². The van der Waals surface area contributed by atoms with Gasteiger partial charge in [0, 0.05) is 10.7 Å². The van der Waals surface area contributed by atoms with E-state index in [0.717, 1.165) is 11.8 Å². The fourth-order valence-corrected chi connectivity index (χ4v) is 1.85. The van der Waals surface area contributed by atoms with Crippen molar-refractivity contribution in [2.24, 2.45) is 5.16 Å². The van der Waals surface area contributed by atoms with Gasteiger partial charge < -0.3 is 5.21 Å². The zero-order valence-corrected chi connectivity index (χ0v) is 10.7. The van der Waals surface area contributed by atoms with Crippen LogP contribution in [0.5, 0.6) is 0 Å². The number of aromatic amines is 1. The molecule has 6 heteroatoms. The number of oxime groups is 1. The Kier molecular flexibility index (Phi) is 3.25. The second-order valence-corrected chi connectivity index (χ2v) is 4.38. The molecule has 0 aliphatic carbocycles. The predicted molar refractivity (Wildman–Crippen MR) is 70.3 cm³/mol. The summed E-state index contributed by atoms with van der Waals surface area (Å²) in [5.74, 6) is 0. The first kappa shape index (κ1) is 12.4. The summed E-state index contributed by atoms with van der Waals surface area (Å²) < 4.78 is 1.36. The summed E-state index contributed by atoms with van der Waals surface area (Å²) in [4.78, 5) is 12.1. The number of aromatic nitrogens is 2. The van der Waals surface area contributed by atoms with Crippen LogP contribution in [0.2, 0.25) is 5.02 Å². The Balaban J connectivity index is 2.61. The van der Waals surface area contributed by atoms with Gasteiger partial charge in [0.25, 0.3) is 5.56 Å². The van der Waals surface area contributed by atoms with Crippen molar-refractivity contribution in [3.8, 4) is 5.69 Å². The molecule has 0 saturated carbocycles. The van der Waals surface area contributed by atoms with Crippen LogP contribution in [0.25, 0.3) is 5.69 Å². The standard InChI is InChI=1S/C12H12ClN3O2/c1-7-3-4-9(5-11(7)13)16-12(17)10(6-14-18)8(2)15-16/h3-6,15,18H,1-2H3/b14-6+. The monoisotopic (exact) mass is 265 g/mol. The average molecular weight is 266 g/mol. The number of aryl methyl sites for hydroxylation is 2. The minimum absolute atomic E-state index is 0.287. The minimum atomic E-state index is -0.287. The molecule has 2 aromatic rings. The van der Waals surface area contributed by atoms with Crippen molar-refractivity contribution in [1.82, 2.24) is 9.78 Å². The highest BCUT2D eigenvalue weighted by molar-refractivity contribution is 6.31. The van der Waals surface area contributed by atoms with Crippen molar-refractivity contribution in [2.75, 3.05) is 0 Å². The summed E-state index contributed by atoms with van der Waals surface area (Å²) in [7, 11) is 0. The maximum absolute atomic E-state index is 12.1. The second kappa shape index (κ2) is 4.70. The third-order valence-corrected chi connectivity index (χ3v) is 3.12. The van der Waals surface area contributed by atoms with Crippen LogP contribution in [0.3, 0.4) is 0 Å². The van der Waals surface area contributed by atoms with Gasteiger partial charge in [-0.1, -0.05) is 22.8 Å². The highest BCUT2D eigenvalue weighted by Crippen LogP contribution is 2.18. The molecule has 0 spiro atoms. The molecule has 2 rings (SSSR count). The lowest BCUT2D eigenvalue weighted by Gasteiger charge is -2.03. The molecule has 0 fully saturated rings. The van der Waals surface area contributed by atoms with Gasteiger partial charge in [0.05, 0.1) is 17.5 Å². The Labute approximate surface area is 108 Å². The Morgan fingerprint density at radius 2 is 2.17 bits per heavy atom. The molecule has 94 valence electrons. The van der Waals surface area contributed by atoms with Crippen molar-refractivity contribution in [3.63, 3.8) is 0 Å². The molecule has 18 heavy (non-hydrogen) atoms. The van der Waals surface area contributed by atoms with Gasteiger partial charge in [-0.3, -0.25) is 9.89 Å². The van der Waals surface area contributed by atoms with E-state index in [9.17, 15) is 4.79 Å². The van der Waals surface area contributed by atoms with Gasteiger partial charge in [-0.05, 0) is 31.5 Å². The molecule has 1 heterocycles. The predicted octanol–water partition coefficient (Wildman–Crippen LogP) is 2.24. The van der Waals surface area contributed by atoms with Crippen LogP contribution in [-0.2, 0) is 0 Å². The summed E-state index contributed by atoms with van der Waals surface area (Å²) in [6.45, 7) is 3.61. The highest BCUT2D eigenvalue weighted by atomic mass is 35.5. The third-order valence-electron chi connectivity index (χ3n) is 2.72. The highest BCUT2D eigenvalue weighted by Gasteiger charge is 2.11. The van der Waals surface area contributed by atoms with E-state index in [4.69, 9.17) is 16.8 Å². The topological polar surface area (TPSA) is 70.4 Å². The first-order valence-corrected chi connectivity index (χ1v) is 5.68. The van der Waals surface area contributed by atoms with Crippen molar-refractivity contribution >= 4 is 17.8 Å². The summed E-state index contributed by atoms with van der Waals surface area (Å²) in [6, 6.07) is 5.33. The number of hydrogen-bond donors (Lipinski definition) is 2. The SMILES string of the molecule is Cc1ccc(-n2[nH]c(C)c(/C=N/O)c2=O)cc1Cl. The average Bonchev–Trinajstić information content (AvgIpc) is 2.61. The Hall–Kier alpha value is -2.01. The zero-order valence-electron chi connectivity index (χ0n) is 9.94. The van der Waals surface area contributed by atoms with Crippen LogP contribution in [0.1, 0.15) is 16.8 Å². The van der Waals surface area contributed by atoms with Gasteiger partial charge in [-0.15, -0.1) is 0 Å². The molecule has 0 amide bonds. The van der Waals surface area contributed by atoms with Crippen LogP contribution in [0, 0.1) is 13.8 Å². The van der Waals surface area contributed by atoms with Crippen LogP contribution in [0.15, 0.2) is 28.1 Å². The van der Waals surface area contributed by atoms with E-state index in [1.165, 1.54) is 4.68 Å². The largest absolute Gasteiger partial charge is 0.411 e. The lowest BCUT2D eigenvalue weighted by atomic mass is 10.2. The first-order chi connectivity index (χ1) is 8.54. The summed E-state index contributed by atoms with van der Waals surface area (Å²) in [6.07, 6.45) is 1.11. The Morgan fingerprint density at radius 3 is 2.78 bits per heavy atom. The molecule has 5 nitrogen and oxygen atoms in total. The smallest absolute Gasteiger partial charge is 0.280 e. The number of nitrogens with zero attached hydrogens (tertiary/aromatic N) is 2. The van der Waals surface area contributed by atoms with Gasteiger partial charge in [-0.25, -0.2) is 4.68 Å². The van der Waals surface area contributed by atoms with E-state index in [2.05, 4.69) is 10.3 Å². The van der Waals surface area contributed by atoms with Crippen molar-refractivity contribution in [3.05, 3.63) is 50.4 Å². The van der Waals surface area contributed by atoms with Gasteiger partial charge in [0.1, 0.15) is 0 Å². The van der Waals surface area contributed by atoms with Gasteiger partial charge >= 0.3 is 0 Å². The number of nitrogens with one attached hydrogen (secondary N) is 1. The fraction of sp³-hybridized carbons (Fsp3) is 0.167. The summed E-state index contributed by atoms with van der Waals surface area (Å²) in [5, 5.41) is 14.9. The molecule has 0 atom stereocenters. The first-order valence-electron chi connectivity index (χ1n) is 5.30. The molecular weight excluding hydrogens is 254 g/mol. The molecule has 0 saturated heterocycles. The van der Waals surface area contributed by atoms with E-state index in [1.807, 2.05) is 13.0 Å². The van der Waals surface area contributed by atoms with Gasteiger partial charge in [0.2, 0.25) is 0 Å². The van der Waals surface area contributed by atoms with Crippen molar-refractivity contribution in [1.29, 1.82) is 0 Å². The molecule has 0 radical (unpaired) electrons. The number of halogens is 1. The van der Waals surface area contributed by atoms with Gasteiger partial charge in [-0.2, -0.15) is 0 Å². The lowest BCUT2D eigenvalue weighted by molar-refractivity contribution is 0.322. The van der Waals surface area contributed by atoms with Crippen LogP contribution in [0.4, 0.5) is 0 Å². The van der Waals surface area contributed by atoms with E-state index < -0.39 is 0 Å². The molecular formula is C12H12ClN3O2. The summed E-state index contributed by atoms with van der Waals surface area (Å²) in [5.41, 5.74) is 2.22. The lowest BCUT2D eigenvalue weighted by Crippen LogP contribution is -2.17. The maximum atomic E-state index is 12.1. The third kappa shape index (κ3) is 2.04. The van der Waals surface area contributed by atoms with E-state index in [1.54, 1.807) is 19.1 Å². The Bertz CT molecular complexity index is 670. The number of hydrogen-bond acceptors (Lipinski definition) is 3. The molecule has 0 bridgehead atoms. The van der Waals surface area contributed by atoms with Gasteiger partial charge in [0.15, 0.2) is 0 Å². The van der Waals surface area contributed by atoms with Crippen LogP contribution < -0.4 is 5.56 Å².